The highest BCUT2D eigenvalue weighted by molar-refractivity contribution is 7.99. The molecular formula is C10H6O3S. The van der Waals surface area contributed by atoms with Crippen LogP contribution in [-0.4, -0.2) is 5.94 Å². The molecule has 4 heteroatoms. The van der Waals surface area contributed by atoms with Crippen molar-refractivity contribution in [3.05, 3.63) is 34.7 Å². The van der Waals surface area contributed by atoms with Gasteiger partial charge in [0.2, 0.25) is 0 Å². The van der Waals surface area contributed by atoms with Crippen LogP contribution in [-0.2, 0) is 0 Å². The first-order chi connectivity index (χ1) is 6.86. The first-order valence-electron chi connectivity index (χ1n) is 4.16. The Morgan fingerprint density at radius 1 is 1.29 bits per heavy atom. The zero-order valence-electron chi connectivity index (χ0n) is 7.15. The van der Waals surface area contributed by atoms with Gasteiger partial charge in [-0.1, -0.05) is 11.8 Å². The summed E-state index contributed by atoms with van der Waals surface area (Å²) in [5.74, 6) is 1.35. The Morgan fingerprint density at radius 3 is 3.14 bits per heavy atom. The molecule has 0 atom stereocenters. The number of fused-ring (bicyclic) bond motifs is 3. The highest BCUT2D eigenvalue weighted by Crippen LogP contribution is 2.39. The molecule has 70 valence electrons. The molecule has 14 heavy (non-hydrogen) atoms. The van der Waals surface area contributed by atoms with Gasteiger partial charge in [0.15, 0.2) is 5.43 Å². The van der Waals surface area contributed by atoms with Gasteiger partial charge in [-0.2, -0.15) is 0 Å². The summed E-state index contributed by atoms with van der Waals surface area (Å²) in [6.45, 7) is 0. The minimum Gasteiger partial charge on any atom is -0.481 e. The quantitative estimate of drug-likeness (QED) is 0.662. The van der Waals surface area contributed by atoms with Crippen LogP contribution in [0, 0.1) is 0 Å². The van der Waals surface area contributed by atoms with Crippen LogP contribution in [0.25, 0.3) is 11.0 Å². The first kappa shape index (κ1) is 7.94. The largest absolute Gasteiger partial charge is 0.481 e. The molecule has 0 unspecified atom stereocenters. The van der Waals surface area contributed by atoms with E-state index in [9.17, 15) is 4.79 Å². The Kier molecular flexibility index (Phi) is 1.58. The molecule has 0 aliphatic carbocycles. The van der Waals surface area contributed by atoms with Gasteiger partial charge in [-0.3, -0.25) is 4.79 Å². The SMILES string of the molecule is O=c1ccoc2ccc3c(c12)SCO3. The van der Waals surface area contributed by atoms with E-state index in [4.69, 9.17) is 9.15 Å². The average Bonchev–Trinajstić information content (AvgIpc) is 2.65. The Labute approximate surface area is 83.7 Å². The predicted molar refractivity (Wildman–Crippen MR) is 53.8 cm³/mol. The molecule has 1 aromatic carbocycles. The van der Waals surface area contributed by atoms with Crippen LogP contribution in [0.2, 0.25) is 0 Å². The number of hydrogen-bond acceptors (Lipinski definition) is 4. The van der Waals surface area contributed by atoms with Gasteiger partial charge in [-0.25, -0.2) is 0 Å². The fourth-order valence-corrected chi connectivity index (χ4v) is 2.46. The number of thioether (sulfide) groups is 1. The Bertz CT molecular complexity index is 559. The second-order valence-electron chi connectivity index (χ2n) is 2.96. The molecule has 3 nitrogen and oxygen atoms in total. The van der Waals surface area contributed by atoms with E-state index in [1.165, 1.54) is 24.1 Å². The summed E-state index contributed by atoms with van der Waals surface area (Å²) in [5.41, 5.74) is 0.607. The topological polar surface area (TPSA) is 39.4 Å². The zero-order chi connectivity index (χ0) is 9.54. The summed E-state index contributed by atoms with van der Waals surface area (Å²) >= 11 is 1.53. The summed E-state index contributed by atoms with van der Waals surface area (Å²) in [6, 6.07) is 5.03. The lowest BCUT2D eigenvalue weighted by molar-refractivity contribution is 0.398. The smallest absolute Gasteiger partial charge is 0.193 e. The maximum absolute atomic E-state index is 11.6. The number of benzene rings is 1. The molecule has 0 bridgehead atoms. The Hall–Kier alpha value is -1.42. The summed E-state index contributed by atoms with van der Waals surface area (Å²) in [6.07, 6.45) is 1.41. The van der Waals surface area contributed by atoms with Crippen molar-refractivity contribution in [3.8, 4) is 5.75 Å². The van der Waals surface area contributed by atoms with E-state index in [-0.39, 0.29) is 5.43 Å². The number of rotatable bonds is 0. The highest BCUT2D eigenvalue weighted by Gasteiger charge is 2.18. The third-order valence-corrected chi connectivity index (χ3v) is 3.09. The Balaban J connectivity index is 2.53. The highest BCUT2D eigenvalue weighted by atomic mass is 32.2. The van der Waals surface area contributed by atoms with Gasteiger partial charge in [0.05, 0.1) is 16.5 Å². The van der Waals surface area contributed by atoms with Gasteiger partial charge in [-0.15, -0.1) is 0 Å². The number of hydrogen-bond donors (Lipinski definition) is 0. The Morgan fingerprint density at radius 2 is 2.21 bits per heavy atom. The normalized spacial score (nSPS) is 14.0. The van der Waals surface area contributed by atoms with E-state index in [0.29, 0.717) is 16.9 Å². The molecular weight excluding hydrogens is 200 g/mol. The van der Waals surface area contributed by atoms with Crippen molar-refractivity contribution >= 4 is 22.7 Å². The lowest BCUT2D eigenvalue weighted by atomic mass is 10.2. The van der Waals surface area contributed by atoms with Gasteiger partial charge in [0.25, 0.3) is 0 Å². The molecule has 2 heterocycles. The van der Waals surface area contributed by atoms with Crippen molar-refractivity contribution in [2.24, 2.45) is 0 Å². The molecule has 0 fully saturated rings. The molecule has 3 rings (SSSR count). The van der Waals surface area contributed by atoms with Gasteiger partial charge in [-0.05, 0) is 12.1 Å². The van der Waals surface area contributed by atoms with E-state index >= 15 is 0 Å². The minimum absolute atomic E-state index is 0.0129. The summed E-state index contributed by atoms with van der Waals surface area (Å²) in [5, 5.41) is 0.632. The lowest BCUT2D eigenvalue weighted by Crippen LogP contribution is -1.98. The fourth-order valence-electron chi connectivity index (χ4n) is 1.54. The zero-order valence-corrected chi connectivity index (χ0v) is 7.97. The molecule has 1 aromatic heterocycles. The van der Waals surface area contributed by atoms with Crippen LogP contribution in [0.3, 0.4) is 0 Å². The van der Waals surface area contributed by atoms with Crippen LogP contribution in [0.15, 0.2) is 38.6 Å². The average molecular weight is 206 g/mol. The third-order valence-electron chi connectivity index (χ3n) is 2.16. The van der Waals surface area contributed by atoms with Crippen molar-refractivity contribution in [2.75, 3.05) is 5.94 Å². The van der Waals surface area contributed by atoms with Crippen molar-refractivity contribution < 1.29 is 9.15 Å². The monoisotopic (exact) mass is 206 g/mol. The summed E-state index contributed by atoms with van der Waals surface area (Å²) in [7, 11) is 0. The lowest BCUT2D eigenvalue weighted by Gasteiger charge is -2.00. The van der Waals surface area contributed by atoms with Crippen LogP contribution in [0.4, 0.5) is 0 Å². The van der Waals surface area contributed by atoms with Crippen molar-refractivity contribution in [1.29, 1.82) is 0 Å². The number of ether oxygens (including phenoxy) is 1. The van der Waals surface area contributed by atoms with Crippen LogP contribution >= 0.6 is 11.8 Å². The van der Waals surface area contributed by atoms with Crippen LogP contribution < -0.4 is 10.2 Å². The molecule has 1 aliphatic rings. The second-order valence-corrected chi connectivity index (χ2v) is 3.89. The van der Waals surface area contributed by atoms with E-state index < -0.39 is 0 Å². The third kappa shape index (κ3) is 0.974. The summed E-state index contributed by atoms with van der Waals surface area (Å²) < 4.78 is 10.6. The predicted octanol–water partition coefficient (Wildman–Crippen LogP) is 2.24. The molecule has 2 aromatic rings. The van der Waals surface area contributed by atoms with Crippen molar-refractivity contribution in [1.82, 2.24) is 0 Å². The van der Waals surface area contributed by atoms with Gasteiger partial charge >= 0.3 is 0 Å². The van der Waals surface area contributed by atoms with Crippen LogP contribution in [0.1, 0.15) is 0 Å². The molecule has 0 spiro atoms. The van der Waals surface area contributed by atoms with Crippen LogP contribution in [0.5, 0.6) is 5.75 Å². The first-order valence-corrected chi connectivity index (χ1v) is 5.15. The van der Waals surface area contributed by atoms with Gasteiger partial charge in [0, 0.05) is 6.07 Å². The maximum atomic E-state index is 11.6. The van der Waals surface area contributed by atoms with E-state index in [0.717, 1.165) is 10.6 Å². The standard InChI is InChI=1S/C10H6O3S/c11-6-3-4-12-7-1-2-8-10(9(6)7)14-5-13-8/h1-4H,5H2. The van der Waals surface area contributed by atoms with E-state index in [1.54, 1.807) is 6.07 Å². The molecule has 0 radical (unpaired) electrons. The minimum atomic E-state index is -0.0129. The maximum Gasteiger partial charge on any atom is 0.193 e. The molecule has 0 N–H and O–H groups in total. The van der Waals surface area contributed by atoms with Gasteiger partial charge < -0.3 is 9.15 Å². The second kappa shape index (κ2) is 2.78. The molecule has 1 aliphatic heterocycles. The fraction of sp³-hybridized carbons (Fsp3) is 0.100. The van der Waals surface area contributed by atoms with Crippen molar-refractivity contribution in [3.63, 3.8) is 0 Å². The summed E-state index contributed by atoms with van der Waals surface area (Å²) in [4.78, 5) is 12.5. The molecule has 0 saturated carbocycles. The molecule has 0 amide bonds. The van der Waals surface area contributed by atoms with E-state index in [2.05, 4.69) is 0 Å². The van der Waals surface area contributed by atoms with Crippen molar-refractivity contribution in [2.45, 2.75) is 4.90 Å². The molecule has 0 saturated heterocycles. The van der Waals surface area contributed by atoms with E-state index in [1.807, 2.05) is 6.07 Å². The van der Waals surface area contributed by atoms with Gasteiger partial charge in [0.1, 0.15) is 17.3 Å².